The molecule has 1 fully saturated rings. The van der Waals surface area contributed by atoms with Crippen molar-refractivity contribution in [3.05, 3.63) is 0 Å². The lowest BCUT2D eigenvalue weighted by Gasteiger charge is -2.49. The van der Waals surface area contributed by atoms with E-state index in [9.17, 15) is 29.4 Å². The minimum Gasteiger partial charge on any atom is -0.481 e. The summed E-state index contributed by atoms with van der Waals surface area (Å²) in [5.41, 5.74) is -2.58. The second-order valence-corrected chi connectivity index (χ2v) is 16.7. The van der Waals surface area contributed by atoms with Crippen LogP contribution >= 0.6 is 0 Å². The summed E-state index contributed by atoms with van der Waals surface area (Å²) in [6.07, 6.45) is -0.900. The molecule has 0 radical (unpaired) electrons. The van der Waals surface area contributed by atoms with Crippen molar-refractivity contribution in [1.29, 1.82) is 0 Å². The summed E-state index contributed by atoms with van der Waals surface area (Å²) in [4.78, 5) is 57.0. The minimum atomic E-state index is -1.13. The first kappa shape index (κ1) is 38.8. The SMILES string of the molecule is CC(C)(C)CN(CC(C)(C)C)C1(C)CN(C(CC(=O)O)C(=O)OC(C)(C)C)CCN(C(CC(=O)O)C(=O)OC(C)(C)C)C1. The van der Waals surface area contributed by atoms with Crippen LogP contribution in [0.5, 0.6) is 0 Å². The van der Waals surface area contributed by atoms with Crippen LogP contribution in [0.2, 0.25) is 0 Å². The van der Waals surface area contributed by atoms with E-state index in [1.54, 1.807) is 41.5 Å². The Morgan fingerprint density at radius 1 is 0.674 bits per heavy atom. The Morgan fingerprint density at radius 2 is 0.977 bits per heavy atom. The fraction of sp³-hybridized carbons (Fsp3) is 0.875. The Balaban J connectivity index is 3.81. The van der Waals surface area contributed by atoms with Crippen molar-refractivity contribution in [1.82, 2.24) is 14.7 Å². The van der Waals surface area contributed by atoms with Gasteiger partial charge >= 0.3 is 23.9 Å². The largest absolute Gasteiger partial charge is 0.481 e. The van der Waals surface area contributed by atoms with E-state index in [4.69, 9.17) is 9.47 Å². The zero-order valence-corrected chi connectivity index (χ0v) is 29.0. The number of nitrogens with zero attached hydrogens (tertiary/aromatic N) is 3. The van der Waals surface area contributed by atoms with Gasteiger partial charge in [-0.05, 0) is 59.3 Å². The molecule has 43 heavy (non-hydrogen) atoms. The van der Waals surface area contributed by atoms with Gasteiger partial charge in [-0.1, -0.05) is 41.5 Å². The van der Waals surface area contributed by atoms with Crippen LogP contribution in [0.3, 0.4) is 0 Å². The molecular formula is C32H59N3O8. The molecule has 0 aromatic rings. The maximum atomic E-state index is 13.5. The quantitative estimate of drug-likeness (QED) is 0.326. The highest BCUT2D eigenvalue weighted by molar-refractivity contribution is 5.83. The number of aliphatic carboxylic acids is 2. The van der Waals surface area contributed by atoms with E-state index in [1.165, 1.54) is 0 Å². The zero-order valence-electron chi connectivity index (χ0n) is 29.0. The van der Waals surface area contributed by atoms with Crippen LogP contribution in [-0.4, -0.2) is 117 Å². The molecule has 0 spiro atoms. The fourth-order valence-electron chi connectivity index (χ4n) is 5.45. The number of carbonyl (C=O) groups excluding carboxylic acids is 2. The number of rotatable bonds is 11. The lowest BCUT2D eigenvalue weighted by Crippen LogP contribution is -2.63. The number of carboxylic acid groups (broad SMARTS) is 2. The van der Waals surface area contributed by atoms with E-state index < -0.39 is 65.5 Å². The molecule has 11 heteroatoms. The summed E-state index contributed by atoms with van der Waals surface area (Å²) in [6.45, 7) is 27.7. The third-order valence-electron chi connectivity index (χ3n) is 6.83. The van der Waals surface area contributed by atoms with Gasteiger partial charge in [0.25, 0.3) is 0 Å². The van der Waals surface area contributed by atoms with Crippen LogP contribution in [0.4, 0.5) is 0 Å². The fourth-order valence-corrected chi connectivity index (χ4v) is 5.45. The van der Waals surface area contributed by atoms with E-state index in [-0.39, 0.29) is 23.9 Å². The average Bonchev–Trinajstić information content (AvgIpc) is 2.90. The van der Waals surface area contributed by atoms with Gasteiger partial charge in [-0.3, -0.25) is 33.9 Å². The van der Waals surface area contributed by atoms with E-state index in [0.717, 1.165) is 0 Å². The molecule has 250 valence electrons. The summed E-state index contributed by atoms with van der Waals surface area (Å²) in [7, 11) is 0. The van der Waals surface area contributed by atoms with E-state index >= 15 is 0 Å². The number of esters is 2. The van der Waals surface area contributed by atoms with Crippen molar-refractivity contribution >= 4 is 23.9 Å². The molecule has 2 N–H and O–H groups in total. The molecule has 0 amide bonds. The van der Waals surface area contributed by atoms with Gasteiger partial charge < -0.3 is 19.7 Å². The molecule has 0 bridgehead atoms. The molecule has 0 aromatic carbocycles. The van der Waals surface area contributed by atoms with Crippen LogP contribution in [0.1, 0.15) is 103 Å². The molecule has 0 aromatic heterocycles. The van der Waals surface area contributed by atoms with Gasteiger partial charge in [-0.2, -0.15) is 0 Å². The van der Waals surface area contributed by atoms with Crippen LogP contribution in [0.15, 0.2) is 0 Å². The molecule has 1 aliphatic rings. The third-order valence-corrected chi connectivity index (χ3v) is 6.83. The van der Waals surface area contributed by atoms with E-state index in [2.05, 4.69) is 53.4 Å². The monoisotopic (exact) mass is 613 g/mol. The number of hydrogen-bond donors (Lipinski definition) is 2. The highest BCUT2D eigenvalue weighted by Crippen LogP contribution is 2.32. The smallest absolute Gasteiger partial charge is 0.324 e. The van der Waals surface area contributed by atoms with Crippen molar-refractivity contribution < 1.29 is 38.9 Å². The van der Waals surface area contributed by atoms with Crippen molar-refractivity contribution in [2.45, 2.75) is 132 Å². The maximum absolute atomic E-state index is 13.5. The Bertz CT molecular complexity index is 911. The molecule has 2 atom stereocenters. The predicted molar refractivity (Wildman–Crippen MR) is 166 cm³/mol. The number of ether oxygens (including phenoxy) is 2. The summed E-state index contributed by atoms with van der Waals surface area (Å²) in [6, 6.07) is -2.14. The molecule has 1 aliphatic heterocycles. The van der Waals surface area contributed by atoms with E-state index in [1.807, 2.05) is 9.80 Å². The van der Waals surface area contributed by atoms with Crippen molar-refractivity contribution in [3.8, 4) is 0 Å². The molecule has 1 rings (SSSR count). The van der Waals surface area contributed by atoms with Crippen LogP contribution in [-0.2, 0) is 28.7 Å². The van der Waals surface area contributed by atoms with Gasteiger partial charge in [0.05, 0.1) is 12.8 Å². The number of carbonyl (C=O) groups is 4. The summed E-state index contributed by atoms with van der Waals surface area (Å²) >= 11 is 0. The first-order valence-electron chi connectivity index (χ1n) is 15.2. The molecule has 2 unspecified atom stereocenters. The molecule has 11 nitrogen and oxygen atoms in total. The highest BCUT2D eigenvalue weighted by atomic mass is 16.6. The second kappa shape index (κ2) is 14.2. The highest BCUT2D eigenvalue weighted by Gasteiger charge is 2.47. The first-order valence-corrected chi connectivity index (χ1v) is 15.2. The molecule has 1 saturated heterocycles. The average molecular weight is 614 g/mol. The Kier molecular flexibility index (Phi) is 12.8. The molecule has 0 saturated carbocycles. The number of carboxylic acids is 2. The Morgan fingerprint density at radius 3 is 1.21 bits per heavy atom. The summed E-state index contributed by atoms with van der Waals surface area (Å²) < 4.78 is 11.4. The van der Waals surface area contributed by atoms with Crippen LogP contribution in [0, 0.1) is 10.8 Å². The topological polar surface area (TPSA) is 137 Å². The summed E-state index contributed by atoms with van der Waals surface area (Å²) in [5, 5.41) is 19.6. The van der Waals surface area contributed by atoms with Crippen molar-refractivity contribution in [3.63, 3.8) is 0 Å². The van der Waals surface area contributed by atoms with Crippen LogP contribution in [0.25, 0.3) is 0 Å². The lowest BCUT2D eigenvalue weighted by molar-refractivity contribution is -0.165. The standard InChI is InChI=1S/C32H59N3O8/c1-28(2,3)18-35(19-29(4,5)6)32(13)20-33(22(16-24(36)37)26(40)42-30(7,8)9)14-15-34(21-32)23(17-25(38)39)27(41)43-31(10,11)12/h22-23H,14-21H2,1-13H3,(H,36,37)(H,38,39). The van der Waals surface area contributed by atoms with Crippen LogP contribution < -0.4 is 0 Å². The Hall–Kier alpha value is -2.24. The van der Waals surface area contributed by atoms with Gasteiger partial charge in [0.1, 0.15) is 23.3 Å². The van der Waals surface area contributed by atoms with E-state index in [0.29, 0.717) is 26.2 Å². The van der Waals surface area contributed by atoms with Gasteiger partial charge in [0.2, 0.25) is 0 Å². The predicted octanol–water partition coefficient (Wildman–Crippen LogP) is 4.13. The minimum absolute atomic E-state index is 0.118. The van der Waals surface area contributed by atoms with Gasteiger partial charge in [-0.25, -0.2) is 0 Å². The third kappa shape index (κ3) is 14.4. The zero-order chi connectivity index (χ0) is 33.8. The molecular weight excluding hydrogens is 554 g/mol. The second-order valence-electron chi connectivity index (χ2n) is 16.7. The van der Waals surface area contributed by atoms with Gasteiger partial charge in [-0.15, -0.1) is 0 Å². The Labute approximate surface area is 259 Å². The molecule has 1 heterocycles. The van der Waals surface area contributed by atoms with Gasteiger partial charge in [0, 0.05) is 44.8 Å². The van der Waals surface area contributed by atoms with Crippen molar-refractivity contribution in [2.75, 3.05) is 39.3 Å². The first-order chi connectivity index (χ1) is 19.1. The molecule has 0 aliphatic carbocycles. The van der Waals surface area contributed by atoms with Crippen molar-refractivity contribution in [2.24, 2.45) is 10.8 Å². The number of hydrogen-bond acceptors (Lipinski definition) is 9. The maximum Gasteiger partial charge on any atom is 0.324 e. The summed E-state index contributed by atoms with van der Waals surface area (Å²) in [5.74, 6) is -3.51. The van der Waals surface area contributed by atoms with Gasteiger partial charge in [0.15, 0.2) is 0 Å². The normalized spacial score (nSPS) is 21.2. The lowest BCUT2D eigenvalue weighted by atomic mass is 9.86.